The third kappa shape index (κ3) is 6.82. The average molecular weight is 128 g/mol. The standard InChI is InChI=1S/C3H7NOS.Na/c1-4(2)3(5)6;/h1-2H3,(H,5,6);. The number of carbonyl (C=O) groups is 1. The molecule has 0 heterocycles. The van der Waals surface area contributed by atoms with Crippen molar-refractivity contribution in [1.82, 2.24) is 4.90 Å². The molecule has 0 aromatic rings. The monoisotopic (exact) mass is 128 g/mol. The van der Waals surface area contributed by atoms with Crippen LogP contribution < -0.4 is 0 Å². The van der Waals surface area contributed by atoms with Crippen LogP contribution in [0.2, 0.25) is 0 Å². The van der Waals surface area contributed by atoms with Crippen LogP contribution in [-0.2, 0) is 0 Å². The van der Waals surface area contributed by atoms with Crippen molar-refractivity contribution in [2.24, 2.45) is 0 Å². The van der Waals surface area contributed by atoms with Crippen LogP contribution in [0.5, 0.6) is 0 Å². The number of rotatable bonds is 0. The summed E-state index contributed by atoms with van der Waals surface area (Å²) in [4.78, 5) is 11.3. The summed E-state index contributed by atoms with van der Waals surface area (Å²) in [6.07, 6.45) is 0. The van der Waals surface area contributed by atoms with Crippen molar-refractivity contribution in [2.75, 3.05) is 14.1 Å². The van der Waals surface area contributed by atoms with Gasteiger partial charge in [-0.25, -0.2) is 0 Å². The summed E-state index contributed by atoms with van der Waals surface area (Å²) in [6.45, 7) is 0. The molecule has 0 aromatic carbocycles. The van der Waals surface area contributed by atoms with Gasteiger partial charge in [-0.05, 0) is 0 Å². The van der Waals surface area contributed by atoms with Gasteiger partial charge in [0, 0.05) is 43.7 Å². The van der Waals surface area contributed by atoms with Gasteiger partial charge in [0.2, 0.25) is 0 Å². The molecule has 0 aliphatic carbocycles. The number of amides is 1. The minimum Gasteiger partial charge on any atom is -0.340 e. The molecule has 0 atom stereocenters. The molecule has 37 valence electrons. The van der Waals surface area contributed by atoms with Gasteiger partial charge in [0.15, 0.2) is 0 Å². The Balaban J connectivity index is 0. The largest absolute Gasteiger partial charge is 0.340 e. The van der Waals surface area contributed by atoms with Gasteiger partial charge in [-0.15, -0.1) is 0 Å². The molecule has 0 aromatic heterocycles. The minimum atomic E-state index is -0.213. The Hall–Kier alpha value is 0.820. The smallest absolute Gasteiger partial charge is 0.278 e. The number of hydrogen-bond donors (Lipinski definition) is 1. The quantitative estimate of drug-likeness (QED) is 0.365. The molecule has 1 radical (unpaired) electrons. The molecule has 0 N–H and O–H groups in total. The van der Waals surface area contributed by atoms with Gasteiger partial charge in [0.1, 0.15) is 0 Å². The molecule has 0 aliphatic heterocycles. The van der Waals surface area contributed by atoms with Crippen LogP contribution in [-0.4, -0.2) is 53.8 Å². The molecule has 0 fully saturated rings. The first-order valence-electron chi connectivity index (χ1n) is 1.55. The van der Waals surface area contributed by atoms with Crippen LogP contribution in [0.1, 0.15) is 0 Å². The summed E-state index contributed by atoms with van der Waals surface area (Å²) in [6, 6.07) is 0. The predicted molar refractivity (Wildman–Crippen MR) is 33.8 cm³/mol. The summed E-state index contributed by atoms with van der Waals surface area (Å²) in [5.74, 6) is 0. The second-order valence-electron chi connectivity index (χ2n) is 1.18. The predicted octanol–water partition coefficient (Wildman–Crippen LogP) is 0.217. The fraction of sp³-hybridized carbons (Fsp3) is 0.667. The van der Waals surface area contributed by atoms with Crippen molar-refractivity contribution in [1.29, 1.82) is 0 Å². The fourth-order valence-electron chi connectivity index (χ4n) is 0. The molecular formula is C3H7NNaOS. The van der Waals surface area contributed by atoms with Gasteiger partial charge < -0.3 is 4.90 Å². The third-order valence-electron chi connectivity index (χ3n) is 0.383. The third-order valence-corrected chi connectivity index (χ3v) is 0.783. The molecular weight excluding hydrogens is 121 g/mol. The number of thiol groups is 1. The summed E-state index contributed by atoms with van der Waals surface area (Å²) < 4.78 is 0. The van der Waals surface area contributed by atoms with Gasteiger partial charge in [-0.3, -0.25) is 4.79 Å². The van der Waals surface area contributed by atoms with Crippen LogP contribution in [0.4, 0.5) is 4.79 Å². The molecule has 0 rings (SSSR count). The van der Waals surface area contributed by atoms with E-state index in [2.05, 4.69) is 12.6 Å². The maximum absolute atomic E-state index is 9.93. The molecule has 0 bridgehead atoms. The van der Waals surface area contributed by atoms with Gasteiger partial charge in [-0.2, -0.15) is 0 Å². The molecule has 0 saturated carbocycles. The van der Waals surface area contributed by atoms with Crippen molar-refractivity contribution >= 4 is 47.4 Å². The minimum absolute atomic E-state index is 0. The van der Waals surface area contributed by atoms with E-state index < -0.39 is 0 Å². The number of nitrogens with zero attached hydrogens (tertiary/aromatic N) is 1. The zero-order valence-electron chi connectivity index (χ0n) is 4.80. The molecule has 0 unspecified atom stereocenters. The average Bonchev–Trinajstić information content (AvgIpc) is 1.36. The second kappa shape index (κ2) is 4.97. The normalized spacial score (nSPS) is 6.71. The first-order chi connectivity index (χ1) is 2.64. The Morgan fingerprint density at radius 3 is 1.71 bits per heavy atom. The van der Waals surface area contributed by atoms with E-state index in [1.165, 1.54) is 4.90 Å². The Morgan fingerprint density at radius 2 is 1.71 bits per heavy atom. The van der Waals surface area contributed by atoms with Crippen molar-refractivity contribution in [3.8, 4) is 0 Å². The topological polar surface area (TPSA) is 20.3 Å². The SMILES string of the molecule is CN(C)C(=O)S.[Na]. The second-order valence-corrected chi connectivity index (χ2v) is 1.56. The maximum atomic E-state index is 9.93. The van der Waals surface area contributed by atoms with E-state index in [1.807, 2.05) is 0 Å². The van der Waals surface area contributed by atoms with E-state index in [1.54, 1.807) is 14.1 Å². The Bertz CT molecular complexity index is 66.0. The first-order valence-corrected chi connectivity index (χ1v) is 1.99. The van der Waals surface area contributed by atoms with E-state index in [0.717, 1.165) is 0 Å². The van der Waals surface area contributed by atoms with E-state index >= 15 is 0 Å². The molecule has 0 spiro atoms. The summed E-state index contributed by atoms with van der Waals surface area (Å²) in [5, 5.41) is -0.213. The van der Waals surface area contributed by atoms with Crippen molar-refractivity contribution in [3.05, 3.63) is 0 Å². The summed E-state index contributed by atoms with van der Waals surface area (Å²) >= 11 is 3.48. The Morgan fingerprint density at radius 1 is 1.57 bits per heavy atom. The summed E-state index contributed by atoms with van der Waals surface area (Å²) in [5.41, 5.74) is 0. The van der Waals surface area contributed by atoms with Crippen LogP contribution >= 0.6 is 12.6 Å². The van der Waals surface area contributed by atoms with E-state index in [9.17, 15) is 4.79 Å². The zero-order valence-corrected chi connectivity index (χ0v) is 7.70. The van der Waals surface area contributed by atoms with E-state index in [-0.39, 0.29) is 34.8 Å². The molecule has 2 nitrogen and oxygen atoms in total. The van der Waals surface area contributed by atoms with Crippen LogP contribution in [0.3, 0.4) is 0 Å². The Kier molecular flexibility index (Phi) is 7.62. The first kappa shape index (κ1) is 10.7. The van der Waals surface area contributed by atoms with E-state index in [0.29, 0.717) is 0 Å². The van der Waals surface area contributed by atoms with Crippen molar-refractivity contribution < 1.29 is 4.79 Å². The van der Waals surface area contributed by atoms with Crippen LogP contribution in [0, 0.1) is 0 Å². The van der Waals surface area contributed by atoms with Gasteiger partial charge in [-0.1, -0.05) is 12.6 Å². The molecule has 4 heteroatoms. The maximum Gasteiger partial charge on any atom is 0.278 e. The van der Waals surface area contributed by atoms with Crippen molar-refractivity contribution in [3.63, 3.8) is 0 Å². The zero-order chi connectivity index (χ0) is 5.15. The number of hydrogen-bond acceptors (Lipinski definition) is 1. The van der Waals surface area contributed by atoms with Crippen LogP contribution in [0.25, 0.3) is 0 Å². The number of carbonyl (C=O) groups excluding carboxylic acids is 1. The van der Waals surface area contributed by atoms with Gasteiger partial charge in [0.25, 0.3) is 5.24 Å². The molecule has 0 aliphatic rings. The molecule has 0 saturated heterocycles. The molecule has 7 heavy (non-hydrogen) atoms. The van der Waals surface area contributed by atoms with E-state index in [4.69, 9.17) is 0 Å². The fourth-order valence-corrected chi connectivity index (χ4v) is 0. The van der Waals surface area contributed by atoms with Gasteiger partial charge in [0.05, 0.1) is 0 Å². The summed E-state index contributed by atoms with van der Waals surface area (Å²) in [7, 11) is 3.30. The van der Waals surface area contributed by atoms with Crippen LogP contribution in [0.15, 0.2) is 0 Å². The van der Waals surface area contributed by atoms with Crippen molar-refractivity contribution in [2.45, 2.75) is 0 Å². The van der Waals surface area contributed by atoms with Gasteiger partial charge >= 0.3 is 0 Å². The molecule has 1 amide bonds. The Labute approximate surface area is 71.0 Å².